The molecule has 0 bridgehead atoms. The molecule has 0 aliphatic rings. The van der Waals surface area contributed by atoms with E-state index >= 15 is 0 Å². The number of carboxylic acids is 1. The van der Waals surface area contributed by atoms with Crippen LogP contribution in [0, 0.1) is 0 Å². The van der Waals surface area contributed by atoms with Gasteiger partial charge in [-0.1, -0.05) is 0 Å². The number of thioether (sulfide) groups is 1. The minimum absolute atomic E-state index is 0.114. The van der Waals surface area contributed by atoms with Crippen LogP contribution in [0.4, 0.5) is 4.79 Å². The summed E-state index contributed by atoms with van der Waals surface area (Å²) in [5.41, 5.74) is 0. The van der Waals surface area contributed by atoms with E-state index < -0.39 is 18.0 Å². The molecule has 3 amide bonds. The van der Waals surface area contributed by atoms with Crippen LogP contribution in [0.25, 0.3) is 0 Å². The Morgan fingerprint density at radius 3 is 2.44 bits per heavy atom. The predicted molar refractivity (Wildman–Crippen MR) is 69.7 cm³/mol. The van der Waals surface area contributed by atoms with Crippen LogP contribution in [0.2, 0.25) is 0 Å². The summed E-state index contributed by atoms with van der Waals surface area (Å²) in [6.45, 7) is -0.114. The van der Waals surface area contributed by atoms with Crippen molar-refractivity contribution in [1.82, 2.24) is 15.5 Å². The number of nitrogens with one attached hydrogen (secondary N) is 2. The van der Waals surface area contributed by atoms with Crippen molar-refractivity contribution in [1.29, 1.82) is 0 Å². The highest BCUT2D eigenvalue weighted by Gasteiger charge is 2.21. The second-order valence-corrected chi connectivity index (χ2v) is 4.64. The monoisotopic (exact) mass is 277 g/mol. The van der Waals surface area contributed by atoms with Crippen LogP contribution in [0.15, 0.2) is 0 Å². The maximum Gasteiger partial charge on any atom is 0.326 e. The lowest BCUT2D eigenvalue weighted by atomic mass is 10.2. The largest absolute Gasteiger partial charge is 0.480 e. The van der Waals surface area contributed by atoms with Crippen LogP contribution in [-0.2, 0) is 9.59 Å². The van der Waals surface area contributed by atoms with Crippen LogP contribution < -0.4 is 10.6 Å². The normalized spacial score (nSPS) is 11.5. The molecule has 0 aromatic carbocycles. The standard InChI is InChI=1S/C10H19N3O4S/c1-11-8(14)6-13(2)10(17)12-7(9(15)16)4-5-18-3/h7H,4-6H2,1-3H3,(H,11,14)(H,12,17)(H,15,16)/t7-/m1/s1. The number of hydrogen-bond donors (Lipinski definition) is 3. The van der Waals surface area contributed by atoms with Crippen LogP contribution in [0.3, 0.4) is 0 Å². The number of aliphatic carboxylic acids is 1. The minimum atomic E-state index is -1.08. The molecule has 0 rings (SSSR count). The average molecular weight is 277 g/mol. The summed E-state index contributed by atoms with van der Waals surface area (Å²) in [6, 6.07) is -1.51. The average Bonchev–Trinajstić information content (AvgIpc) is 2.33. The summed E-state index contributed by atoms with van der Waals surface area (Å²) in [5.74, 6) is -0.759. The van der Waals surface area contributed by atoms with Crippen LogP contribution in [0.5, 0.6) is 0 Å². The van der Waals surface area contributed by atoms with Gasteiger partial charge in [-0.25, -0.2) is 9.59 Å². The van der Waals surface area contributed by atoms with Gasteiger partial charge in [0.25, 0.3) is 0 Å². The number of carbonyl (C=O) groups is 3. The molecule has 0 aliphatic heterocycles. The first-order valence-electron chi connectivity index (χ1n) is 5.36. The molecule has 1 atom stereocenters. The molecule has 0 unspecified atom stereocenters. The molecule has 0 saturated carbocycles. The second kappa shape index (κ2) is 8.62. The summed E-state index contributed by atoms with van der Waals surface area (Å²) in [6.07, 6.45) is 2.20. The third-order valence-electron chi connectivity index (χ3n) is 2.21. The van der Waals surface area contributed by atoms with Crippen molar-refractivity contribution >= 4 is 29.7 Å². The van der Waals surface area contributed by atoms with E-state index in [1.807, 2.05) is 6.26 Å². The van der Waals surface area contributed by atoms with Gasteiger partial charge in [-0.05, 0) is 18.4 Å². The van der Waals surface area contributed by atoms with Crippen molar-refractivity contribution in [2.24, 2.45) is 0 Å². The fourth-order valence-corrected chi connectivity index (χ4v) is 1.59. The second-order valence-electron chi connectivity index (χ2n) is 3.65. The molecule has 0 fully saturated rings. The molecule has 7 nitrogen and oxygen atoms in total. The number of carboxylic acid groups (broad SMARTS) is 1. The summed E-state index contributed by atoms with van der Waals surface area (Å²) in [5, 5.41) is 13.7. The Morgan fingerprint density at radius 1 is 1.39 bits per heavy atom. The van der Waals surface area contributed by atoms with Gasteiger partial charge in [0.2, 0.25) is 5.91 Å². The van der Waals surface area contributed by atoms with E-state index in [0.717, 1.165) is 4.90 Å². The third-order valence-corrected chi connectivity index (χ3v) is 2.86. The fraction of sp³-hybridized carbons (Fsp3) is 0.700. The van der Waals surface area contributed by atoms with Crippen molar-refractivity contribution in [3.63, 3.8) is 0 Å². The van der Waals surface area contributed by atoms with Gasteiger partial charge >= 0.3 is 12.0 Å². The Morgan fingerprint density at radius 2 is 2.00 bits per heavy atom. The lowest BCUT2D eigenvalue weighted by molar-refractivity contribution is -0.139. The first-order chi connectivity index (χ1) is 8.42. The maximum absolute atomic E-state index is 11.6. The number of rotatable bonds is 7. The Balaban J connectivity index is 4.31. The highest BCUT2D eigenvalue weighted by Crippen LogP contribution is 2.01. The van der Waals surface area contributed by atoms with Crippen molar-refractivity contribution in [3.8, 4) is 0 Å². The molecule has 0 aromatic rings. The quantitative estimate of drug-likeness (QED) is 0.587. The number of amides is 3. The van der Waals surface area contributed by atoms with Crippen molar-refractivity contribution in [3.05, 3.63) is 0 Å². The SMILES string of the molecule is CNC(=O)CN(C)C(=O)N[C@H](CCSC)C(=O)O. The first-order valence-corrected chi connectivity index (χ1v) is 6.75. The molecular weight excluding hydrogens is 258 g/mol. The molecule has 3 N–H and O–H groups in total. The van der Waals surface area contributed by atoms with E-state index in [4.69, 9.17) is 5.11 Å². The molecule has 104 valence electrons. The summed E-state index contributed by atoms with van der Waals surface area (Å²) in [7, 11) is 2.89. The molecule has 18 heavy (non-hydrogen) atoms. The third kappa shape index (κ3) is 6.33. The minimum Gasteiger partial charge on any atom is -0.480 e. The van der Waals surface area contributed by atoms with Crippen LogP contribution in [0.1, 0.15) is 6.42 Å². The molecule has 0 radical (unpaired) electrons. The Kier molecular flexibility index (Phi) is 7.93. The topological polar surface area (TPSA) is 98.7 Å². The molecule has 0 aromatic heterocycles. The van der Waals surface area contributed by atoms with E-state index in [1.54, 1.807) is 0 Å². The summed E-state index contributed by atoms with van der Waals surface area (Å²) >= 11 is 1.50. The smallest absolute Gasteiger partial charge is 0.326 e. The number of likely N-dealkylation sites (N-methyl/N-ethyl adjacent to an activating group) is 2. The zero-order chi connectivity index (χ0) is 14.1. The Hall–Kier alpha value is -1.44. The zero-order valence-electron chi connectivity index (χ0n) is 10.7. The molecule has 0 heterocycles. The summed E-state index contributed by atoms with van der Waals surface area (Å²) < 4.78 is 0. The van der Waals surface area contributed by atoms with Gasteiger partial charge in [0.05, 0.1) is 0 Å². The maximum atomic E-state index is 11.6. The highest BCUT2D eigenvalue weighted by atomic mass is 32.2. The fourth-order valence-electron chi connectivity index (χ4n) is 1.12. The van der Waals surface area contributed by atoms with E-state index in [0.29, 0.717) is 12.2 Å². The zero-order valence-corrected chi connectivity index (χ0v) is 11.5. The molecule has 0 saturated heterocycles. The summed E-state index contributed by atoms with van der Waals surface area (Å²) in [4.78, 5) is 34.8. The number of carbonyl (C=O) groups excluding carboxylic acids is 2. The van der Waals surface area contributed by atoms with E-state index in [1.165, 1.54) is 25.9 Å². The predicted octanol–water partition coefficient (Wildman–Crippen LogP) is -0.420. The van der Waals surface area contributed by atoms with E-state index in [2.05, 4.69) is 10.6 Å². The van der Waals surface area contributed by atoms with Gasteiger partial charge in [0, 0.05) is 14.1 Å². The lowest BCUT2D eigenvalue weighted by Crippen LogP contribution is -2.49. The van der Waals surface area contributed by atoms with Gasteiger partial charge in [-0.3, -0.25) is 4.79 Å². The molecule has 0 aliphatic carbocycles. The lowest BCUT2D eigenvalue weighted by Gasteiger charge is -2.20. The number of nitrogens with zero attached hydrogens (tertiary/aromatic N) is 1. The Labute approximate surface area is 110 Å². The van der Waals surface area contributed by atoms with Crippen molar-refractivity contribution < 1.29 is 19.5 Å². The highest BCUT2D eigenvalue weighted by molar-refractivity contribution is 7.98. The van der Waals surface area contributed by atoms with E-state index in [-0.39, 0.29) is 12.5 Å². The van der Waals surface area contributed by atoms with Gasteiger partial charge in [-0.15, -0.1) is 0 Å². The van der Waals surface area contributed by atoms with Crippen molar-refractivity contribution in [2.75, 3.05) is 32.6 Å². The molecule has 8 heteroatoms. The van der Waals surface area contributed by atoms with Crippen LogP contribution in [-0.4, -0.2) is 66.6 Å². The van der Waals surface area contributed by atoms with E-state index in [9.17, 15) is 14.4 Å². The van der Waals surface area contributed by atoms with Crippen molar-refractivity contribution in [2.45, 2.75) is 12.5 Å². The number of hydrogen-bond acceptors (Lipinski definition) is 4. The van der Waals surface area contributed by atoms with Gasteiger partial charge in [-0.2, -0.15) is 11.8 Å². The van der Waals surface area contributed by atoms with Gasteiger partial charge in [0.15, 0.2) is 0 Å². The van der Waals surface area contributed by atoms with Crippen LogP contribution >= 0.6 is 11.8 Å². The molecule has 0 spiro atoms. The first kappa shape index (κ1) is 16.6. The number of urea groups is 1. The van der Waals surface area contributed by atoms with Gasteiger partial charge < -0.3 is 20.6 Å². The Bertz CT molecular complexity index is 311. The molecular formula is C10H19N3O4S. The van der Waals surface area contributed by atoms with Gasteiger partial charge in [0.1, 0.15) is 12.6 Å².